The normalized spacial score (nSPS) is 31.1. The first-order valence-electron chi connectivity index (χ1n) is 7.62. The Morgan fingerprint density at radius 2 is 1.95 bits per heavy atom. The fourth-order valence-electron chi connectivity index (χ4n) is 2.89. The summed E-state index contributed by atoms with van der Waals surface area (Å²) in [4.78, 5) is 0. The van der Waals surface area contributed by atoms with E-state index >= 15 is 0 Å². The molecule has 0 radical (unpaired) electrons. The van der Waals surface area contributed by atoms with E-state index in [1.807, 2.05) is 7.05 Å². The van der Waals surface area contributed by atoms with E-state index in [4.69, 9.17) is 9.47 Å². The minimum Gasteiger partial charge on any atom is -0.394 e. The van der Waals surface area contributed by atoms with Crippen LogP contribution in [-0.2, 0) is 9.47 Å². The molecule has 3 atom stereocenters. The molecule has 0 aromatic heterocycles. The maximum absolute atomic E-state index is 9.47. The Morgan fingerprint density at radius 1 is 1.32 bits per heavy atom. The summed E-state index contributed by atoms with van der Waals surface area (Å²) in [6.45, 7) is 7.29. The lowest BCUT2D eigenvalue weighted by molar-refractivity contribution is -0.102. The first-order chi connectivity index (χ1) is 9.05. The number of aliphatic hydroxyl groups is 1. The highest BCUT2D eigenvalue weighted by Gasteiger charge is 2.26. The van der Waals surface area contributed by atoms with Gasteiger partial charge in [-0.05, 0) is 53.0 Å². The van der Waals surface area contributed by atoms with Gasteiger partial charge in [-0.15, -0.1) is 0 Å². The predicted molar refractivity (Wildman–Crippen MR) is 77.4 cm³/mol. The number of likely N-dealkylation sites (N-methyl/N-ethyl adjacent to an activating group) is 1. The van der Waals surface area contributed by atoms with Gasteiger partial charge in [0.1, 0.15) is 0 Å². The number of hydrogen-bond acceptors (Lipinski definition) is 4. The van der Waals surface area contributed by atoms with Gasteiger partial charge in [-0.25, -0.2) is 0 Å². The monoisotopic (exact) mass is 273 g/mol. The lowest BCUT2D eigenvalue weighted by atomic mass is 9.91. The highest BCUT2D eigenvalue weighted by atomic mass is 16.5. The quantitative estimate of drug-likeness (QED) is 0.665. The zero-order chi connectivity index (χ0) is 14.3. The Labute approximate surface area is 117 Å². The molecule has 4 nitrogen and oxygen atoms in total. The Hall–Kier alpha value is -0.160. The Morgan fingerprint density at radius 3 is 2.42 bits per heavy atom. The van der Waals surface area contributed by atoms with Gasteiger partial charge in [0.2, 0.25) is 0 Å². The number of nitrogens with one attached hydrogen (secondary N) is 1. The van der Waals surface area contributed by atoms with Crippen molar-refractivity contribution in [2.45, 2.75) is 76.7 Å². The Bertz CT molecular complexity index is 225. The summed E-state index contributed by atoms with van der Waals surface area (Å²) < 4.78 is 11.7. The van der Waals surface area contributed by atoms with Gasteiger partial charge >= 0.3 is 0 Å². The molecule has 0 aliphatic carbocycles. The largest absolute Gasteiger partial charge is 0.394 e. The summed E-state index contributed by atoms with van der Waals surface area (Å²) in [7, 11) is 1.92. The maximum atomic E-state index is 9.47. The summed E-state index contributed by atoms with van der Waals surface area (Å²) in [6, 6.07) is 0. The molecule has 114 valence electrons. The van der Waals surface area contributed by atoms with E-state index in [1.165, 1.54) is 0 Å². The third-order valence-corrected chi connectivity index (χ3v) is 4.32. The summed E-state index contributed by atoms with van der Waals surface area (Å²) in [6.07, 6.45) is 5.80. The Balaban J connectivity index is 2.23. The van der Waals surface area contributed by atoms with Crippen LogP contribution < -0.4 is 5.32 Å². The molecule has 1 fully saturated rings. The number of aliphatic hydroxyl groups excluding tert-OH is 1. The lowest BCUT2D eigenvalue weighted by Gasteiger charge is -2.33. The minimum atomic E-state index is -0.139. The van der Waals surface area contributed by atoms with Crippen molar-refractivity contribution in [1.82, 2.24) is 5.32 Å². The number of hydrogen-bond donors (Lipinski definition) is 2. The van der Waals surface area contributed by atoms with Gasteiger partial charge in [-0.3, -0.25) is 0 Å². The van der Waals surface area contributed by atoms with E-state index < -0.39 is 0 Å². The van der Waals surface area contributed by atoms with E-state index in [9.17, 15) is 5.11 Å². The van der Waals surface area contributed by atoms with Gasteiger partial charge in [0, 0.05) is 12.1 Å². The van der Waals surface area contributed by atoms with E-state index in [-0.39, 0.29) is 12.1 Å². The summed E-state index contributed by atoms with van der Waals surface area (Å²) in [5.41, 5.74) is -0.139. The van der Waals surface area contributed by atoms with Gasteiger partial charge in [-0.2, -0.15) is 0 Å². The zero-order valence-electron chi connectivity index (χ0n) is 12.9. The first kappa shape index (κ1) is 16.9. The van der Waals surface area contributed by atoms with Crippen LogP contribution in [0.5, 0.6) is 0 Å². The molecule has 0 saturated carbocycles. The van der Waals surface area contributed by atoms with Crippen LogP contribution >= 0.6 is 0 Å². The molecule has 0 bridgehead atoms. The van der Waals surface area contributed by atoms with Gasteiger partial charge in [0.05, 0.1) is 24.9 Å². The van der Waals surface area contributed by atoms with Crippen LogP contribution in [0.4, 0.5) is 0 Å². The molecule has 0 amide bonds. The van der Waals surface area contributed by atoms with Crippen LogP contribution in [0.1, 0.15) is 52.9 Å². The van der Waals surface area contributed by atoms with Crippen LogP contribution in [0.3, 0.4) is 0 Å². The zero-order valence-corrected chi connectivity index (χ0v) is 12.9. The topological polar surface area (TPSA) is 50.7 Å². The molecule has 19 heavy (non-hydrogen) atoms. The molecule has 0 aromatic carbocycles. The average molecular weight is 273 g/mol. The molecule has 1 saturated heterocycles. The van der Waals surface area contributed by atoms with E-state index in [1.54, 1.807) is 0 Å². The van der Waals surface area contributed by atoms with Crippen LogP contribution in [-0.4, -0.2) is 49.2 Å². The van der Waals surface area contributed by atoms with Crippen LogP contribution in [0.25, 0.3) is 0 Å². The SMILES string of the molecule is CCC(CO)(CCCOC1CC(C)OC(C)C1)NC. The molecule has 2 N–H and O–H groups in total. The highest BCUT2D eigenvalue weighted by molar-refractivity contribution is 4.84. The highest BCUT2D eigenvalue weighted by Crippen LogP contribution is 2.22. The van der Waals surface area contributed by atoms with Crippen LogP contribution in [0.15, 0.2) is 0 Å². The average Bonchev–Trinajstić information content (AvgIpc) is 2.39. The van der Waals surface area contributed by atoms with Gasteiger partial charge < -0.3 is 19.9 Å². The summed E-state index contributed by atoms with van der Waals surface area (Å²) in [5, 5.41) is 12.7. The van der Waals surface area contributed by atoms with Gasteiger partial charge in [-0.1, -0.05) is 6.92 Å². The fourth-order valence-corrected chi connectivity index (χ4v) is 2.89. The lowest BCUT2D eigenvalue weighted by Crippen LogP contribution is -2.46. The molecule has 1 rings (SSSR count). The van der Waals surface area contributed by atoms with Crippen molar-refractivity contribution in [2.24, 2.45) is 0 Å². The van der Waals surface area contributed by atoms with Crippen molar-refractivity contribution >= 4 is 0 Å². The van der Waals surface area contributed by atoms with E-state index in [0.717, 1.165) is 38.7 Å². The van der Waals surface area contributed by atoms with Crippen molar-refractivity contribution in [1.29, 1.82) is 0 Å². The van der Waals surface area contributed by atoms with Crippen molar-refractivity contribution in [3.63, 3.8) is 0 Å². The fraction of sp³-hybridized carbons (Fsp3) is 1.00. The molecule has 1 heterocycles. The Kier molecular flexibility index (Phi) is 7.29. The van der Waals surface area contributed by atoms with Crippen molar-refractivity contribution < 1.29 is 14.6 Å². The van der Waals surface area contributed by atoms with Crippen LogP contribution in [0.2, 0.25) is 0 Å². The second-order valence-electron chi connectivity index (χ2n) is 5.87. The second kappa shape index (κ2) is 8.20. The molecule has 4 heteroatoms. The maximum Gasteiger partial charge on any atom is 0.0624 e. The minimum absolute atomic E-state index is 0.139. The third-order valence-electron chi connectivity index (χ3n) is 4.32. The van der Waals surface area contributed by atoms with Crippen molar-refractivity contribution in [3.8, 4) is 0 Å². The molecular weight excluding hydrogens is 242 g/mol. The summed E-state index contributed by atoms with van der Waals surface area (Å²) in [5.74, 6) is 0. The van der Waals surface area contributed by atoms with Gasteiger partial charge in [0.25, 0.3) is 0 Å². The third kappa shape index (κ3) is 5.38. The van der Waals surface area contributed by atoms with Gasteiger partial charge in [0.15, 0.2) is 0 Å². The van der Waals surface area contributed by atoms with Crippen molar-refractivity contribution in [3.05, 3.63) is 0 Å². The standard InChI is InChI=1S/C15H31NO3/c1-5-15(11-17,16-4)7-6-8-18-14-9-12(2)19-13(3)10-14/h12-14,16-17H,5-11H2,1-4H3. The second-order valence-corrected chi connectivity index (χ2v) is 5.87. The van der Waals surface area contributed by atoms with Crippen molar-refractivity contribution in [2.75, 3.05) is 20.3 Å². The van der Waals surface area contributed by atoms with Crippen LogP contribution in [0, 0.1) is 0 Å². The first-order valence-corrected chi connectivity index (χ1v) is 7.62. The van der Waals surface area contributed by atoms with E-state index in [2.05, 4.69) is 26.1 Å². The predicted octanol–water partition coefficient (Wildman–Crippen LogP) is 2.10. The smallest absolute Gasteiger partial charge is 0.0624 e. The number of ether oxygens (including phenoxy) is 2. The molecule has 1 aliphatic heterocycles. The molecule has 0 aromatic rings. The molecule has 3 unspecified atom stereocenters. The summed E-state index contributed by atoms with van der Waals surface area (Å²) >= 11 is 0. The molecule has 0 spiro atoms. The number of rotatable bonds is 8. The van der Waals surface area contributed by atoms with E-state index in [0.29, 0.717) is 18.3 Å². The molecular formula is C15H31NO3. The molecule has 1 aliphatic rings.